The molecule has 1 aromatic carbocycles. The van der Waals surface area contributed by atoms with Crippen molar-refractivity contribution in [1.82, 2.24) is 0 Å². The molecular formula is C19H29BClNO4S. The van der Waals surface area contributed by atoms with Crippen molar-refractivity contribution < 1.29 is 17.7 Å². The summed E-state index contributed by atoms with van der Waals surface area (Å²) in [5.41, 5.74) is 7.46. The van der Waals surface area contributed by atoms with Gasteiger partial charge in [-0.25, -0.2) is 8.42 Å². The van der Waals surface area contributed by atoms with Gasteiger partial charge in [0, 0.05) is 12.2 Å². The van der Waals surface area contributed by atoms with Crippen molar-refractivity contribution in [3.05, 3.63) is 29.8 Å². The van der Waals surface area contributed by atoms with Crippen molar-refractivity contribution in [3.63, 3.8) is 0 Å². The van der Waals surface area contributed by atoms with Crippen molar-refractivity contribution in [2.45, 2.75) is 62.6 Å². The zero-order valence-corrected chi connectivity index (χ0v) is 18.0. The van der Waals surface area contributed by atoms with Crippen LogP contribution in [0.5, 0.6) is 0 Å². The van der Waals surface area contributed by atoms with E-state index in [0.717, 1.165) is 12.0 Å². The van der Waals surface area contributed by atoms with Crippen LogP contribution in [0.2, 0.25) is 0 Å². The fourth-order valence-corrected chi connectivity index (χ4v) is 5.95. The Hall–Kier alpha value is -0.595. The molecule has 0 amide bonds. The van der Waals surface area contributed by atoms with E-state index >= 15 is 0 Å². The average molecular weight is 414 g/mol. The lowest BCUT2D eigenvalue weighted by atomic mass is 9.43. The first kappa shape index (κ1) is 21.1. The van der Waals surface area contributed by atoms with E-state index in [-0.39, 0.29) is 30.1 Å². The first-order valence-electron chi connectivity index (χ1n) is 9.39. The summed E-state index contributed by atoms with van der Waals surface area (Å²) in [7, 11) is -3.59. The molecule has 5 atom stereocenters. The fourth-order valence-electron chi connectivity index (χ4n) is 5.32. The molecule has 1 heterocycles. The molecule has 2 bridgehead atoms. The highest BCUT2D eigenvalue weighted by Gasteiger charge is 2.68. The predicted molar refractivity (Wildman–Crippen MR) is 109 cm³/mol. The molecule has 4 aliphatic rings. The van der Waals surface area contributed by atoms with Gasteiger partial charge in [-0.3, -0.25) is 0 Å². The Morgan fingerprint density at radius 3 is 2.41 bits per heavy atom. The monoisotopic (exact) mass is 413 g/mol. The minimum absolute atomic E-state index is 0. The Bertz CT molecular complexity index is 816. The molecule has 5 nitrogen and oxygen atoms in total. The van der Waals surface area contributed by atoms with Gasteiger partial charge in [-0.15, -0.1) is 12.4 Å². The first-order valence-corrected chi connectivity index (χ1v) is 11.3. The van der Waals surface area contributed by atoms with Crippen LogP contribution < -0.4 is 5.73 Å². The zero-order valence-electron chi connectivity index (χ0n) is 16.3. The summed E-state index contributed by atoms with van der Waals surface area (Å²) in [4.78, 5) is 0.323. The summed E-state index contributed by atoms with van der Waals surface area (Å²) in [5, 5.41) is 0. The molecule has 3 saturated carbocycles. The SMILES string of the molecule is CC1(C)C2C[C@H]3OB([C@@H](N)Cc4ccc(S(C)(=O)=O)cc4)O[C@@]3(C)[C@H]1C2.Cl. The summed E-state index contributed by atoms with van der Waals surface area (Å²) in [6.07, 6.45) is 4.20. The Morgan fingerprint density at radius 1 is 1.22 bits per heavy atom. The van der Waals surface area contributed by atoms with Crippen LogP contribution in [0.3, 0.4) is 0 Å². The lowest BCUT2D eigenvalue weighted by Gasteiger charge is -2.64. The van der Waals surface area contributed by atoms with Crippen LogP contribution in [0, 0.1) is 17.3 Å². The normalized spacial score (nSPS) is 35.0. The van der Waals surface area contributed by atoms with Crippen molar-refractivity contribution in [2.75, 3.05) is 6.26 Å². The molecule has 8 heteroatoms. The second kappa shape index (κ2) is 6.73. The molecule has 5 rings (SSSR count). The van der Waals surface area contributed by atoms with Crippen molar-refractivity contribution >= 4 is 29.4 Å². The highest BCUT2D eigenvalue weighted by Crippen LogP contribution is 2.65. The van der Waals surface area contributed by atoms with Gasteiger partial charge >= 0.3 is 7.12 Å². The topological polar surface area (TPSA) is 78.6 Å². The Kier molecular flexibility index (Phi) is 5.27. The van der Waals surface area contributed by atoms with Gasteiger partial charge in [0.2, 0.25) is 0 Å². The maximum atomic E-state index is 11.6. The molecule has 1 saturated heterocycles. The third kappa shape index (κ3) is 3.36. The summed E-state index contributed by atoms with van der Waals surface area (Å²) in [6, 6.07) is 6.90. The minimum Gasteiger partial charge on any atom is -0.404 e. The van der Waals surface area contributed by atoms with Gasteiger partial charge in [-0.05, 0) is 61.1 Å². The predicted octanol–water partition coefficient (Wildman–Crippen LogP) is 2.65. The van der Waals surface area contributed by atoms with E-state index in [0.29, 0.717) is 28.6 Å². The Labute approximate surface area is 168 Å². The third-order valence-corrected chi connectivity index (χ3v) is 8.27. The molecule has 0 radical (unpaired) electrons. The van der Waals surface area contributed by atoms with Gasteiger partial charge in [0.05, 0.1) is 16.6 Å². The van der Waals surface area contributed by atoms with Crippen LogP contribution >= 0.6 is 12.4 Å². The van der Waals surface area contributed by atoms with Crippen molar-refractivity contribution in [1.29, 1.82) is 0 Å². The summed E-state index contributed by atoms with van der Waals surface area (Å²) >= 11 is 0. The summed E-state index contributed by atoms with van der Waals surface area (Å²) < 4.78 is 35.8. The Morgan fingerprint density at radius 2 is 1.85 bits per heavy atom. The zero-order chi connectivity index (χ0) is 18.9. The molecule has 1 aliphatic heterocycles. The number of rotatable bonds is 4. The molecule has 0 aromatic heterocycles. The molecule has 3 aliphatic carbocycles. The summed E-state index contributed by atoms with van der Waals surface area (Å²) in [5.74, 6) is 0.958. The lowest BCUT2D eigenvalue weighted by Crippen LogP contribution is -2.65. The van der Waals surface area contributed by atoms with Crippen LogP contribution in [-0.2, 0) is 25.6 Å². The van der Waals surface area contributed by atoms with Crippen LogP contribution in [0.1, 0.15) is 39.2 Å². The average Bonchev–Trinajstić information content (AvgIpc) is 2.91. The van der Waals surface area contributed by atoms with E-state index in [1.807, 2.05) is 12.1 Å². The molecule has 1 aromatic rings. The second-order valence-electron chi connectivity index (χ2n) is 9.12. The van der Waals surface area contributed by atoms with E-state index in [4.69, 9.17) is 15.0 Å². The largest absolute Gasteiger partial charge is 0.475 e. The van der Waals surface area contributed by atoms with E-state index in [2.05, 4.69) is 20.8 Å². The van der Waals surface area contributed by atoms with E-state index < -0.39 is 17.0 Å². The first-order chi connectivity index (χ1) is 12.0. The number of halogens is 1. The summed E-state index contributed by atoms with van der Waals surface area (Å²) in [6.45, 7) is 6.87. The van der Waals surface area contributed by atoms with Crippen molar-refractivity contribution in [2.24, 2.45) is 23.0 Å². The molecule has 150 valence electrons. The fraction of sp³-hybridized carbons (Fsp3) is 0.684. The molecule has 27 heavy (non-hydrogen) atoms. The number of hydrogen-bond acceptors (Lipinski definition) is 5. The molecule has 4 fully saturated rings. The maximum Gasteiger partial charge on any atom is 0.475 e. The van der Waals surface area contributed by atoms with E-state index in [9.17, 15) is 8.42 Å². The number of hydrogen-bond donors (Lipinski definition) is 1. The number of nitrogens with two attached hydrogens (primary N) is 1. The van der Waals surface area contributed by atoms with Gasteiger partial charge < -0.3 is 15.0 Å². The van der Waals surface area contributed by atoms with Gasteiger partial charge in [-0.1, -0.05) is 26.0 Å². The smallest absolute Gasteiger partial charge is 0.404 e. The van der Waals surface area contributed by atoms with Gasteiger partial charge in [0.25, 0.3) is 0 Å². The highest BCUT2D eigenvalue weighted by molar-refractivity contribution is 7.90. The number of benzene rings is 1. The quantitative estimate of drug-likeness (QED) is 0.768. The van der Waals surface area contributed by atoms with Crippen LogP contribution in [0.15, 0.2) is 29.2 Å². The van der Waals surface area contributed by atoms with Crippen molar-refractivity contribution in [3.8, 4) is 0 Å². The molecule has 1 unspecified atom stereocenters. The van der Waals surface area contributed by atoms with E-state index in [1.54, 1.807) is 12.1 Å². The second-order valence-corrected chi connectivity index (χ2v) is 11.1. The molecule has 0 spiro atoms. The number of sulfone groups is 1. The maximum absolute atomic E-state index is 11.6. The Balaban J connectivity index is 0.00000210. The molecule has 2 N–H and O–H groups in total. The van der Waals surface area contributed by atoms with Gasteiger partial charge in [-0.2, -0.15) is 0 Å². The van der Waals surface area contributed by atoms with Gasteiger partial charge in [0.15, 0.2) is 9.84 Å². The van der Waals surface area contributed by atoms with Crippen LogP contribution in [-0.4, -0.2) is 39.4 Å². The van der Waals surface area contributed by atoms with Crippen LogP contribution in [0.4, 0.5) is 0 Å². The molecular weight excluding hydrogens is 385 g/mol. The third-order valence-electron chi connectivity index (χ3n) is 7.14. The standard InChI is InChI=1S/C19H28BNO4S.ClH/c1-18(2)13-10-15(18)19(3)16(11-13)24-20(25-19)17(21)9-12-5-7-14(8-6-12)26(4,22)23;/h5-8,13,15-17H,9-11,21H2,1-4H3;1H/t13?,15-,16+,17-,19-;/m0./s1. The minimum atomic E-state index is -3.18. The lowest BCUT2D eigenvalue weighted by molar-refractivity contribution is -0.199. The van der Waals surface area contributed by atoms with E-state index in [1.165, 1.54) is 12.7 Å². The van der Waals surface area contributed by atoms with Crippen LogP contribution in [0.25, 0.3) is 0 Å². The highest BCUT2D eigenvalue weighted by atomic mass is 35.5. The van der Waals surface area contributed by atoms with Gasteiger partial charge in [0.1, 0.15) is 0 Å².